The predicted octanol–water partition coefficient (Wildman–Crippen LogP) is 4.60. The summed E-state index contributed by atoms with van der Waals surface area (Å²) in [6, 6.07) is 17.8. The van der Waals surface area contributed by atoms with Gasteiger partial charge in [0.25, 0.3) is 5.89 Å². The number of hydrogen-bond donors (Lipinski definition) is 0. The molecule has 1 aliphatic rings. The highest BCUT2D eigenvalue weighted by molar-refractivity contribution is 5.83. The Bertz CT molecular complexity index is 927. The van der Waals surface area contributed by atoms with Crippen LogP contribution >= 0.6 is 0 Å². The lowest BCUT2D eigenvalue weighted by molar-refractivity contribution is -0.152. The lowest BCUT2D eigenvalue weighted by Gasteiger charge is -2.26. The van der Waals surface area contributed by atoms with Crippen molar-refractivity contribution in [2.45, 2.75) is 44.6 Å². The van der Waals surface area contributed by atoms with Crippen molar-refractivity contribution in [2.24, 2.45) is 0 Å². The normalized spacial score (nSPS) is 15.6. The van der Waals surface area contributed by atoms with E-state index in [1.807, 2.05) is 61.5 Å². The number of esters is 1. The number of rotatable bonds is 5. The van der Waals surface area contributed by atoms with Gasteiger partial charge >= 0.3 is 5.97 Å². The second kappa shape index (κ2) is 7.35. The van der Waals surface area contributed by atoms with Crippen molar-refractivity contribution in [2.75, 3.05) is 0 Å². The Morgan fingerprint density at radius 1 is 1.07 bits per heavy atom. The van der Waals surface area contributed by atoms with E-state index in [9.17, 15) is 4.79 Å². The van der Waals surface area contributed by atoms with Crippen LogP contribution in [0.2, 0.25) is 0 Å². The molecule has 27 heavy (non-hydrogen) atoms. The van der Waals surface area contributed by atoms with Gasteiger partial charge in [0.1, 0.15) is 0 Å². The number of carbonyl (C=O) groups excluding carboxylic acids is 1. The molecule has 0 amide bonds. The Hall–Kier alpha value is -2.95. The van der Waals surface area contributed by atoms with Gasteiger partial charge in [0.2, 0.25) is 5.89 Å². The van der Waals surface area contributed by atoms with Crippen LogP contribution in [0.25, 0.3) is 11.5 Å². The first-order valence-electron chi connectivity index (χ1n) is 9.30. The molecule has 1 fully saturated rings. The number of aryl methyl sites for hydroxylation is 1. The van der Waals surface area contributed by atoms with Crippen LogP contribution in [0.1, 0.15) is 42.7 Å². The molecule has 0 bridgehead atoms. The first kappa shape index (κ1) is 17.5. The summed E-state index contributed by atoms with van der Waals surface area (Å²) in [6.07, 6.45) is 3.69. The summed E-state index contributed by atoms with van der Waals surface area (Å²) in [5, 5.41) is 8.09. The van der Waals surface area contributed by atoms with Gasteiger partial charge in [0.15, 0.2) is 6.61 Å². The third kappa shape index (κ3) is 3.50. The quantitative estimate of drug-likeness (QED) is 0.621. The first-order valence-corrected chi connectivity index (χ1v) is 9.30. The van der Waals surface area contributed by atoms with Crippen molar-refractivity contribution in [3.63, 3.8) is 0 Å². The second-order valence-electron chi connectivity index (χ2n) is 7.10. The molecule has 1 aliphatic carbocycles. The van der Waals surface area contributed by atoms with Gasteiger partial charge < -0.3 is 9.15 Å². The van der Waals surface area contributed by atoms with Crippen LogP contribution in [0.3, 0.4) is 0 Å². The Morgan fingerprint density at radius 3 is 2.59 bits per heavy atom. The van der Waals surface area contributed by atoms with Crippen molar-refractivity contribution in [1.82, 2.24) is 10.2 Å². The van der Waals surface area contributed by atoms with E-state index in [-0.39, 0.29) is 12.6 Å². The van der Waals surface area contributed by atoms with Crippen molar-refractivity contribution < 1.29 is 13.9 Å². The fourth-order valence-corrected chi connectivity index (χ4v) is 3.82. The monoisotopic (exact) mass is 362 g/mol. The Labute approximate surface area is 158 Å². The minimum Gasteiger partial charge on any atom is -0.455 e. The van der Waals surface area contributed by atoms with Gasteiger partial charge in [-0.05, 0) is 37.5 Å². The van der Waals surface area contributed by atoms with Crippen LogP contribution in [-0.2, 0) is 21.6 Å². The largest absolute Gasteiger partial charge is 0.455 e. The summed E-state index contributed by atoms with van der Waals surface area (Å²) in [6.45, 7) is 2.00. The summed E-state index contributed by atoms with van der Waals surface area (Å²) >= 11 is 0. The second-order valence-corrected chi connectivity index (χ2v) is 7.10. The maximum absolute atomic E-state index is 13.0. The molecule has 0 atom stereocenters. The van der Waals surface area contributed by atoms with E-state index >= 15 is 0 Å². The number of nitrogens with zero attached hydrogens (tertiary/aromatic N) is 2. The van der Waals surface area contributed by atoms with Gasteiger partial charge in [0.05, 0.1) is 5.41 Å². The first-order chi connectivity index (χ1) is 13.2. The molecular formula is C22H22N2O3. The number of hydrogen-bond acceptors (Lipinski definition) is 5. The summed E-state index contributed by atoms with van der Waals surface area (Å²) < 4.78 is 11.3. The molecule has 138 valence electrons. The summed E-state index contributed by atoms with van der Waals surface area (Å²) in [5.74, 6) is 0.533. The molecule has 0 radical (unpaired) electrons. The third-order valence-corrected chi connectivity index (χ3v) is 5.23. The minimum absolute atomic E-state index is 0.00771. The molecule has 0 aliphatic heterocycles. The van der Waals surface area contributed by atoms with Crippen LogP contribution in [0.5, 0.6) is 0 Å². The zero-order valence-corrected chi connectivity index (χ0v) is 15.4. The highest BCUT2D eigenvalue weighted by Crippen LogP contribution is 2.42. The molecule has 1 heterocycles. The maximum Gasteiger partial charge on any atom is 0.317 e. The van der Waals surface area contributed by atoms with E-state index < -0.39 is 5.41 Å². The molecule has 1 saturated carbocycles. The topological polar surface area (TPSA) is 65.2 Å². The van der Waals surface area contributed by atoms with Gasteiger partial charge in [0, 0.05) is 5.56 Å². The van der Waals surface area contributed by atoms with Crippen LogP contribution in [0.15, 0.2) is 59.0 Å². The molecule has 0 unspecified atom stereocenters. The van der Waals surface area contributed by atoms with Crippen molar-refractivity contribution in [1.29, 1.82) is 0 Å². The molecule has 0 spiro atoms. The highest BCUT2D eigenvalue weighted by atomic mass is 16.5. The summed E-state index contributed by atoms with van der Waals surface area (Å²) in [7, 11) is 0. The van der Waals surface area contributed by atoms with E-state index in [0.29, 0.717) is 11.8 Å². The zero-order chi connectivity index (χ0) is 18.7. The van der Waals surface area contributed by atoms with Gasteiger partial charge in [-0.1, -0.05) is 60.9 Å². The lowest BCUT2D eigenvalue weighted by atomic mass is 9.79. The van der Waals surface area contributed by atoms with Crippen molar-refractivity contribution >= 4 is 5.97 Å². The molecule has 2 aromatic carbocycles. The van der Waals surface area contributed by atoms with Crippen molar-refractivity contribution in [3.8, 4) is 11.5 Å². The number of benzene rings is 2. The van der Waals surface area contributed by atoms with Crippen LogP contribution in [-0.4, -0.2) is 16.2 Å². The average molecular weight is 362 g/mol. The number of carbonyl (C=O) groups is 1. The van der Waals surface area contributed by atoms with Gasteiger partial charge in [-0.25, -0.2) is 0 Å². The average Bonchev–Trinajstić information content (AvgIpc) is 3.37. The van der Waals surface area contributed by atoms with E-state index in [4.69, 9.17) is 9.15 Å². The molecular weight excluding hydrogens is 340 g/mol. The van der Waals surface area contributed by atoms with E-state index in [1.165, 1.54) is 0 Å². The molecule has 0 N–H and O–H groups in total. The lowest BCUT2D eigenvalue weighted by Crippen LogP contribution is -2.34. The minimum atomic E-state index is -0.555. The highest BCUT2D eigenvalue weighted by Gasteiger charge is 2.44. The van der Waals surface area contributed by atoms with Crippen LogP contribution < -0.4 is 0 Å². The van der Waals surface area contributed by atoms with E-state index in [0.717, 1.165) is 42.4 Å². The molecule has 5 nitrogen and oxygen atoms in total. The SMILES string of the molecule is Cc1cccc(-c2nnc(COC(=O)C3(c4ccccc4)CCCC3)o2)c1. The Kier molecular flexibility index (Phi) is 4.75. The van der Waals surface area contributed by atoms with Gasteiger partial charge in [-0.15, -0.1) is 10.2 Å². The van der Waals surface area contributed by atoms with Gasteiger partial charge in [-0.2, -0.15) is 0 Å². The molecule has 4 rings (SSSR count). The van der Waals surface area contributed by atoms with Crippen molar-refractivity contribution in [3.05, 3.63) is 71.6 Å². The zero-order valence-electron chi connectivity index (χ0n) is 15.4. The number of aromatic nitrogens is 2. The summed E-state index contributed by atoms with van der Waals surface area (Å²) in [5.41, 5.74) is 2.44. The third-order valence-electron chi connectivity index (χ3n) is 5.23. The fraction of sp³-hybridized carbons (Fsp3) is 0.318. The van der Waals surface area contributed by atoms with Crippen LogP contribution in [0, 0.1) is 6.92 Å². The molecule has 1 aromatic heterocycles. The molecule has 3 aromatic rings. The predicted molar refractivity (Wildman–Crippen MR) is 101 cm³/mol. The number of ether oxygens (including phenoxy) is 1. The summed E-state index contributed by atoms with van der Waals surface area (Å²) in [4.78, 5) is 13.0. The smallest absolute Gasteiger partial charge is 0.317 e. The van der Waals surface area contributed by atoms with E-state index in [1.54, 1.807) is 0 Å². The fourth-order valence-electron chi connectivity index (χ4n) is 3.82. The van der Waals surface area contributed by atoms with Gasteiger partial charge in [-0.3, -0.25) is 4.79 Å². The molecule has 0 saturated heterocycles. The van der Waals surface area contributed by atoms with E-state index in [2.05, 4.69) is 10.2 Å². The van der Waals surface area contributed by atoms with Crippen LogP contribution in [0.4, 0.5) is 0 Å². The Balaban J connectivity index is 1.48. The standard InChI is InChI=1S/C22H22N2O3/c1-16-8-7-9-17(14-16)20-24-23-19(27-20)15-26-21(25)22(12-5-6-13-22)18-10-3-2-4-11-18/h2-4,7-11,14H,5-6,12-13,15H2,1H3. The Morgan fingerprint density at radius 2 is 1.85 bits per heavy atom. The molecule has 5 heteroatoms. The maximum atomic E-state index is 13.0.